The van der Waals surface area contributed by atoms with Crippen molar-refractivity contribution in [2.75, 3.05) is 13.1 Å². The van der Waals surface area contributed by atoms with Gasteiger partial charge in [-0.2, -0.15) is 0 Å². The number of nitrogens with one attached hydrogen (secondary N) is 3. The summed E-state index contributed by atoms with van der Waals surface area (Å²) < 4.78 is 5.67. The second kappa shape index (κ2) is 11.0. The summed E-state index contributed by atoms with van der Waals surface area (Å²) in [6.45, 7) is 7.41. The smallest absolute Gasteiger partial charge is 0.410 e. The Labute approximate surface area is 251 Å². The van der Waals surface area contributed by atoms with E-state index in [1.165, 1.54) is 17.4 Å². The van der Waals surface area contributed by atoms with Gasteiger partial charge < -0.3 is 20.0 Å². The number of fused-ring (bicyclic) bond motifs is 1. The average molecular weight is 575 g/mol. The number of imidazole rings is 2. The minimum absolute atomic E-state index is 0.118. The van der Waals surface area contributed by atoms with Gasteiger partial charge in [0, 0.05) is 12.1 Å². The second-order valence-electron chi connectivity index (χ2n) is 12.6. The van der Waals surface area contributed by atoms with Crippen LogP contribution in [0.1, 0.15) is 70.2 Å². The van der Waals surface area contributed by atoms with E-state index in [1.807, 2.05) is 33.2 Å². The number of amides is 1. The van der Waals surface area contributed by atoms with Crippen LogP contribution in [0.4, 0.5) is 4.79 Å². The molecule has 7 rings (SSSR count). The van der Waals surface area contributed by atoms with Crippen LogP contribution in [0.15, 0.2) is 73.1 Å². The molecular weight excluding hydrogens is 536 g/mol. The molecule has 8 nitrogen and oxygen atoms in total. The molecule has 0 unspecified atom stereocenters. The highest BCUT2D eigenvalue weighted by molar-refractivity contribution is 6.04. The van der Waals surface area contributed by atoms with E-state index in [2.05, 4.69) is 80.9 Å². The molecule has 0 aliphatic carbocycles. The van der Waals surface area contributed by atoms with E-state index in [4.69, 9.17) is 9.72 Å². The van der Waals surface area contributed by atoms with Gasteiger partial charge in [-0.15, -0.1) is 0 Å². The van der Waals surface area contributed by atoms with E-state index in [-0.39, 0.29) is 12.1 Å². The highest BCUT2D eigenvalue weighted by Gasteiger charge is 2.35. The summed E-state index contributed by atoms with van der Waals surface area (Å²) in [6.07, 6.45) is 7.64. The number of H-pyrrole nitrogens is 2. The molecule has 0 radical (unpaired) electrons. The number of aromatic amines is 2. The molecule has 0 bridgehead atoms. The van der Waals surface area contributed by atoms with Crippen LogP contribution in [0.3, 0.4) is 0 Å². The number of rotatable bonds is 5. The van der Waals surface area contributed by atoms with Gasteiger partial charge in [-0.1, -0.05) is 60.7 Å². The lowest BCUT2D eigenvalue weighted by molar-refractivity contribution is 0.0218. The summed E-state index contributed by atoms with van der Waals surface area (Å²) in [6, 6.07) is 21.8. The lowest BCUT2D eigenvalue weighted by atomic mass is 9.93. The Morgan fingerprint density at radius 1 is 0.814 bits per heavy atom. The maximum absolute atomic E-state index is 12.9. The molecule has 2 aliphatic rings. The van der Waals surface area contributed by atoms with E-state index < -0.39 is 5.60 Å². The lowest BCUT2D eigenvalue weighted by Gasteiger charge is -2.27. The number of carbonyl (C=O) groups is 1. The predicted molar refractivity (Wildman–Crippen MR) is 169 cm³/mol. The monoisotopic (exact) mass is 574 g/mol. The Morgan fingerprint density at radius 3 is 2.23 bits per heavy atom. The van der Waals surface area contributed by atoms with Crippen LogP contribution in [-0.2, 0) is 4.74 Å². The molecule has 43 heavy (non-hydrogen) atoms. The first-order valence-electron chi connectivity index (χ1n) is 15.3. The van der Waals surface area contributed by atoms with E-state index in [9.17, 15) is 4.79 Å². The first kappa shape index (κ1) is 27.4. The number of hydrogen-bond donors (Lipinski definition) is 3. The maximum Gasteiger partial charge on any atom is 0.410 e. The molecule has 220 valence electrons. The molecule has 0 saturated carbocycles. The van der Waals surface area contributed by atoms with E-state index >= 15 is 0 Å². The van der Waals surface area contributed by atoms with Gasteiger partial charge in [-0.05, 0) is 80.5 Å². The Balaban J connectivity index is 1.16. The fourth-order valence-electron chi connectivity index (χ4n) is 6.43. The van der Waals surface area contributed by atoms with E-state index in [0.29, 0.717) is 12.6 Å². The van der Waals surface area contributed by atoms with E-state index in [0.717, 1.165) is 70.9 Å². The standard InChI is InChI=1S/C35H38N6O2/c1-35(2,3)43-34(42)41-19-7-11-31(41)33-38-21-30(40-33)27-17-16-24(25-8-4-5-9-26(25)27)22-12-14-23(15-13-22)29-20-37-32(39-29)28-10-6-18-36-28/h4-5,8-9,12-17,20-21,28,31,36H,6-7,10-11,18-19H2,1-3H3,(H,37,39)(H,38,40)/t28-,31-/m0/s1. The Bertz CT molecular complexity index is 1760. The number of carbonyl (C=O) groups excluding carboxylic acids is 1. The van der Waals surface area contributed by atoms with Gasteiger partial charge in [0.2, 0.25) is 0 Å². The van der Waals surface area contributed by atoms with Crippen molar-refractivity contribution in [2.24, 2.45) is 0 Å². The van der Waals surface area contributed by atoms with Crippen LogP contribution in [0.25, 0.3) is 44.4 Å². The maximum atomic E-state index is 12.9. The van der Waals surface area contributed by atoms with Crippen molar-refractivity contribution in [1.29, 1.82) is 0 Å². The molecule has 3 aromatic carbocycles. The summed E-state index contributed by atoms with van der Waals surface area (Å²) in [5.41, 5.74) is 6.00. The molecule has 8 heteroatoms. The minimum Gasteiger partial charge on any atom is -0.444 e. The molecule has 5 aromatic rings. The Morgan fingerprint density at radius 2 is 1.49 bits per heavy atom. The van der Waals surface area contributed by atoms with Crippen molar-refractivity contribution in [3.63, 3.8) is 0 Å². The molecule has 3 N–H and O–H groups in total. The fourth-order valence-corrected chi connectivity index (χ4v) is 6.43. The van der Waals surface area contributed by atoms with Crippen LogP contribution in [0.5, 0.6) is 0 Å². The molecule has 2 fully saturated rings. The molecule has 2 atom stereocenters. The van der Waals surface area contributed by atoms with Crippen LogP contribution in [-0.4, -0.2) is 49.6 Å². The van der Waals surface area contributed by atoms with Crippen LogP contribution < -0.4 is 5.32 Å². The van der Waals surface area contributed by atoms with Crippen molar-refractivity contribution < 1.29 is 9.53 Å². The minimum atomic E-state index is -0.533. The average Bonchev–Trinajstić information content (AvgIpc) is 3.82. The van der Waals surface area contributed by atoms with Crippen molar-refractivity contribution >= 4 is 16.9 Å². The normalized spacial score (nSPS) is 18.9. The van der Waals surface area contributed by atoms with Crippen LogP contribution in [0.2, 0.25) is 0 Å². The zero-order chi connectivity index (χ0) is 29.6. The summed E-state index contributed by atoms with van der Waals surface area (Å²) in [5, 5.41) is 5.84. The largest absolute Gasteiger partial charge is 0.444 e. The third-order valence-corrected chi connectivity index (χ3v) is 8.50. The number of ether oxygens (including phenoxy) is 1. The lowest BCUT2D eigenvalue weighted by Crippen LogP contribution is -2.36. The quantitative estimate of drug-likeness (QED) is 0.199. The molecule has 4 heterocycles. The third kappa shape index (κ3) is 5.43. The topological polar surface area (TPSA) is 98.9 Å². The van der Waals surface area contributed by atoms with Gasteiger partial charge in [0.05, 0.1) is 35.9 Å². The number of benzene rings is 3. The molecule has 2 aliphatic heterocycles. The fraction of sp³-hybridized carbons (Fsp3) is 0.343. The number of nitrogens with zero attached hydrogens (tertiary/aromatic N) is 3. The Hall–Kier alpha value is -4.43. The summed E-state index contributed by atoms with van der Waals surface area (Å²) in [5.74, 6) is 1.82. The molecule has 0 spiro atoms. The first-order valence-corrected chi connectivity index (χ1v) is 15.3. The highest BCUT2D eigenvalue weighted by Crippen LogP contribution is 2.38. The van der Waals surface area contributed by atoms with Gasteiger partial charge in [-0.3, -0.25) is 4.90 Å². The SMILES string of the molecule is CC(C)(C)OC(=O)N1CCC[C@H]1c1ncc(-c2ccc(-c3ccc(-c4cnc([C@@H]5CCCN5)[nH]4)cc3)c3ccccc23)[nH]1. The first-order chi connectivity index (χ1) is 20.8. The van der Waals surface area contributed by atoms with E-state index in [1.54, 1.807) is 4.90 Å². The Kier molecular flexibility index (Phi) is 7.01. The second-order valence-corrected chi connectivity index (χ2v) is 12.6. The number of aromatic nitrogens is 4. The van der Waals surface area contributed by atoms with Crippen molar-refractivity contribution in [1.82, 2.24) is 30.2 Å². The van der Waals surface area contributed by atoms with Gasteiger partial charge in [0.15, 0.2) is 0 Å². The molecule has 2 aromatic heterocycles. The third-order valence-electron chi connectivity index (χ3n) is 8.50. The summed E-state index contributed by atoms with van der Waals surface area (Å²) in [7, 11) is 0. The molecule has 1 amide bonds. The van der Waals surface area contributed by atoms with Gasteiger partial charge >= 0.3 is 6.09 Å². The number of likely N-dealkylation sites (tertiary alicyclic amines) is 1. The number of hydrogen-bond acceptors (Lipinski definition) is 5. The zero-order valence-electron chi connectivity index (χ0n) is 25.0. The zero-order valence-corrected chi connectivity index (χ0v) is 25.0. The highest BCUT2D eigenvalue weighted by atomic mass is 16.6. The summed E-state index contributed by atoms with van der Waals surface area (Å²) in [4.78, 5) is 31.1. The van der Waals surface area contributed by atoms with Crippen molar-refractivity contribution in [2.45, 2.75) is 64.1 Å². The van der Waals surface area contributed by atoms with Gasteiger partial charge in [-0.25, -0.2) is 14.8 Å². The predicted octanol–water partition coefficient (Wildman–Crippen LogP) is 7.78. The van der Waals surface area contributed by atoms with Crippen molar-refractivity contribution in [3.8, 4) is 33.6 Å². The van der Waals surface area contributed by atoms with Crippen LogP contribution >= 0.6 is 0 Å². The van der Waals surface area contributed by atoms with Gasteiger partial charge in [0.25, 0.3) is 0 Å². The molecule has 2 saturated heterocycles. The van der Waals surface area contributed by atoms with Crippen LogP contribution in [0, 0.1) is 0 Å². The summed E-state index contributed by atoms with van der Waals surface area (Å²) >= 11 is 0. The van der Waals surface area contributed by atoms with Crippen molar-refractivity contribution in [3.05, 3.63) is 84.7 Å². The van der Waals surface area contributed by atoms with Gasteiger partial charge in [0.1, 0.15) is 17.2 Å². The molecular formula is C35H38N6O2.